The summed E-state index contributed by atoms with van der Waals surface area (Å²) < 4.78 is 5.63. The first kappa shape index (κ1) is 18.3. The number of nitrogens with zero attached hydrogens (tertiary/aromatic N) is 1. The molecule has 1 N–H and O–H groups in total. The van der Waals surface area contributed by atoms with E-state index >= 15 is 0 Å². The lowest BCUT2D eigenvalue weighted by molar-refractivity contribution is -0.116. The Bertz CT molecular complexity index is 752. The minimum Gasteiger partial charge on any atom is -0.494 e. The molecule has 1 fully saturated rings. The van der Waals surface area contributed by atoms with Gasteiger partial charge in [-0.15, -0.1) is 0 Å². The molecule has 0 aromatic heterocycles. The Hall–Kier alpha value is -2.49. The van der Waals surface area contributed by atoms with Crippen LogP contribution in [-0.2, 0) is 11.2 Å². The lowest BCUT2D eigenvalue weighted by atomic mass is 10.1. The van der Waals surface area contributed by atoms with Gasteiger partial charge in [0, 0.05) is 30.9 Å². The SMILES string of the molecule is CCOc1ccccc1CCC(=O)Nc1ccc(N2CCCC2)c(C)c1. The second kappa shape index (κ2) is 8.75. The van der Waals surface area contributed by atoms with Gasteiger partial charge in [-0.3, -0.25) is 4.79 Å². The van der Waals surface area contributed by atoms with Crippen molar-refractivity contribution >= 4 is 17.3 Å². The zero-order valence-corrected chi connectivity index (χ0v) is 15.8. The Kier molecular flexibility index (Phi) is 6.16. The molecule has 26 heavy (non-hydrogen) atoms. The molecule has 4 nitrogen and oxygen atoms in total. The number of nitrogens with one attached hydrogen (secondary N) is 1. The normalized spacial score (nSPS) is 13.7. The molecule has 0 atom stereocenters. The minimum absolute atomic E-state index is 0.0321. The van der Waals surface area contributed by atoms with Crippen LogP contribution >= 0.6 is 0 Å². The average molecular weight is 352 g/mol. The number of hydrogen-bond donors (Lipinski definition) is 1. The second-order valence-corrected chi connectivity index (χ2v) is 6.78. The molecule has 2 aromatic carbocycles. The van der Waals surface area contributed by atoms with Crippen molar-refractivity contribution in [2.24, 2.45) is 0 Å². The summed E-state index contributed by atoms with van der Waals surface area (Å²) in [4.78, 5) is 14.8. The number of rotatable bonds is 7. The van der Waals surface area contributed by atoms with Crippen molar-refractivity contribution in [3.8, 4) is 5.75 Å². The third kappa shape index (κ3) is 4.57. The van der Waals surface area contributed by atoms with Crippen LogP contribution in [-0.4, -0.2) is 25.6 Å². The van der Waals surface area contributed by atoms with E-state index in [-0.39, 0.29) is 5.91 Å². The van der Waals surface area contributed by atoms with Gasteiger partial charge in [-0.2, -0.15) is 0 Å². The van der Waals surface area contributed by atoms with Crippen molar-refractivity contribution in [2.45, 2.75) is 39.5 Å². The second-order valence-electron chi connectivity index (χ2n) is 6.78. The lowest BCUT2D eigenvalue weighted by Crippen LogP contribution is -2.19. The van der Waals surface area contributed by atoms with Gasteiger partial charge in [0.25, 0.3) is 0 Å². The average Bonchev–Trinajstić information content (AvgIpc) is 3.16. The van der Waals surface area contributed by atoms with Crippen LogP contribution in [0.25, 0.3) is 0 Å². The van der Waals surface area contributed by atoms with Gasteiger partial charge in [-0.05, 0) is 68.5 Å². The molecule has 1 heterocycles. The number of amides is 1. The van der Waals surface area contributed by atoms with E-state index in [1.54, 1.807) is 0 Å². The number of ether oxygens (including phenoxy) is 1. The topological polar surface area (TPSA) is 41.6 Å². The molecule has 0 saturated carbocycles. The number of carbonyl (C=O) groups excluding carboxylic acids is 1. The van der Waals surface area contributed by atoms with Gasteiger partial charge >= 0.3 is 0 Å². The molecule has 0 radical (unpaired) electrons. The summed E-state index contributed by atoms with van der Waals surface area (Å²) in [6.07, 6.45) is 3.64. The van der Waals surface area contributed by atoms with Crippen LogP contribution < -0.4 is 15.0 Å². The summed E-state index contributed by atoms with van der Waals surface area (Å²) in [5.74, 6) is 0.901. The van der Waals surface area contributed by atoms with E-state index in [1.807, 2.05) is 37.3 Å². The van der Waals surface area contributed by atoms with Crippen LogP contribution in [0.4, 0.5) is 11.4 Å². The Morgan fingerprint density at radius 2 is 1.92 bits per heavy atom. The van der Waals surface area contributed by atoms with Crippen LogP contribution in [0.15, 0.2) is 42.5 Å². The van der Waals surface area contributed by atoms with Gasteiger partial charge in [-0.25, -0.2) is 0 Å². The first-order chi connectivity index (χ1) is 12.7. The van der Waals surface area contributed by atoms with Gasteiger partial charge in [0.1, 0.15) is 5.75 Å². The molecule has 4 heteroatoms. The number of aryl methyl sites for hydroxylation is 2. The van der Waals surface area contributed by atoms with E-state index in [2.05, 4.69) is 29.3 Å². The Labute approximate surface area is 156 Å². The van der Waals surface area contributed by atoms with Crippen LogP contribution in [0.2, 0.25) is 0 Å². The number of para-hydroxylation sites is 1. The molecule has 1 aliphatic rings. The molecule has 1 aliphatic heterocycles. The zero-order chi connectivity index (χ0) is 18.4. The largest absolute Gasteiger partial charge is 0.494 e. The highest BCUT2D eigenvalue weighted by Gasteiger charge is 2.15. The third-order valence-electron chi connectivity index (χ3n) is 4.82. The molecule has 3 rings (SSSR count). The van der Waals surface area contributed by atoms with Gasteiger partial charge in [0.05, 0.1) is 6.61 Å². The number of hydrogen-bond acceptors (Lipinski definition) is 3. The molecule has 0 aliphatic carbocycles. The van der Waals surface area contributed by atoms with Gasteiger partial charge in [0.15, 0.2) is 0 Å². The Morgan fingerprint density at radius 3 is 2.65 bits per heavy atom. The molecule has 1 amide bonds. The Morgan fingerprint density at radius 1 is 1.15 bits per heavy atom. The molecular weight excluding hydrogens is 324 g/mol. The van der Waals surface area contributed by atoms with Gasteiger partial charge in [-0.1, -0.05) is 18.2 Å². The molecule has 0 bridgehead atoms. The van der Waals surface area contributed by atoms with Crippen molar-refractivity contribution < 1.29 is 9.53 Å². The summed E-state index contributed by atoms with van der Waals surface area (Å²) in [7, 11) is 0. The maximum absolute atomic E-state index is 12.3. The quantitative estimate of drug-likeness (QED) is 0.794. The summed E-state index contributed by atoms with van der Waals surface area (Å²) in [5, 5.41) is 3.02. The monoisotopic (exact) mass is 352 g/mol. The highest BCUT2D eigenvalue weighted by molar-refractivity contribution is 5.91. The van der Waals surface area contributed by atoms with E-state index in [0.29, 0.717) is 19.4 Å². The standard InChI is InChI=1S/C22H28N2O2/c1-3-26-21-9-5-4-8-18(21)10-13-22(25)23-19-11-12-20(17(2)16-19)24-14-6-7-15-24/h4-5,8-9,11-12,16H,3,6-7,10,13-15H2,1-2H3,(H,23,25). The number of carbonyl (C=O) groups is 1. The van der Waals surface area contributed by atoms with Crippen molar-refractivity contribution in [1.82, 2.24) is 0 Å². The lowest BCUT2D eigenvalue weighted by Gasteiger charge is -2.20. The highest BCUT2D eigenvalue weighted by atomic mass is 16.5. The van der Waals surface area contributed by atoms with Crippen LogP contribution in [0.1, 0.15) is 37.3 Å². The van der Waals surface area contributed by atoms with Gasteiger partial charge < -0.3 is 15.0 Å². The summed E-state index contributed by atoms with van der Waals surface area (Å²) >= 11 is 0. The summed E-state index contributed by atoms with van der Waals surface area (Å²) in [5.41, 5.74) is 4.44. The minimum atomic E-state index is 0.0321. The predicted octanol–water partition coefficient (Wildman–Crippen LogP) is 4.57. The predicted molar refractivity (Wildman–Crippen MR) is 107 cm³/mol. The molecule has 0 unspecified atom stereocenters. The fourth-order valence-corrected chi connectivity index (χ4v) is 3.52. The summed E-state index contributed by atoms with van der Waals surface area (Å²) in [6.45, 7) is 6.97. The van der Waals surface area contributed by atoms with E-state index in [0.717, 1.165) is 30.1 Å². The molecular formula is C22H28N2O2. The maximum Gasteiger partial charge on any atom is 0.224 e. The molecule has 2 aromatic rings. The number of benzene rings is 2. The van der Waals surface area contributed by atoms with E-state index in [9.17, 15) is 4.79 Å². The van der Waals surface area contributed by atoms with E-state index in [4.69, 9.17) is 4.74 Å². The van der Waals surface area contributed by atoms with Crippen LogP contribution in [0.5, 0.6) is 5.75 Å². The third-order valence-corrected chi connectivity index (χ3v) is 4.82. The van der Waals surface area contributed by atoms with Crippen LogP contribution in [0, 0.1) is 6.92 Å². The zero-order valence-electron chi connectivity index (χ0n) is 15.8. The number of anilines is 2. The fourth-order valence-electron chi connectivity index (χ4n) is 3.52. The van der Waals surface area contributed by atoms with E-state index < -0.39 is 0 Å². The summed E-state index contributed by atoms with van der Waals surface area (Å²) in [6, 6.07) is 14.1. The van der Waals surface area contributed by atoms with Crippen molar-refractivity contribution in [2.75, 3.05) is 29.9 Å². The first-order valence-electron chi connectivity index (χ1n) is 9.53. The maximum atomic E-state index is 12.3. The van der Waals surface area contributed by atoms with E-state index in [1.165, 1.54) is 24.1 Å². The first-order valence-corrected chi connectivity index (χ1v) is 9.53. The highest BCUT2D eigenvalue weighted by Crippen LogP contribution is 2.27. The van der Waals surface area contributed by atoms with Gasteiger partial charge in [0.2, 0.25) is 5.91 Å². The van der Waals surface area contributed by atoms with Crippen molar-refractivity contribution in [3.05, 3.63) is 53.6 Å². The molecule has 138 valence electrons. The fraction of sp³-hybridized carbons (Fsp3) is 0.409. The Balaban J connectivity index is 1.57. The molecule has 1 saturated heterocycles. The van der Waals surface area contributed by atoms with Crippen LogP contribution in [0.3, 0.4) is 0 Å². The van der Waals surface area contributed by atoms with Crippen molar-refractivity contribution in [3.63, 3.8) is 0 Å². The smallest absolute Gasteiger partial charge is 0.224 e. The molecule has 0 spiro atoms. The van der Waals surface area contributed by atoms with Crippen molar-refractivity contribution in [1.29, 1.82) is 0 Å².